The molecule has 0 amide bonds. The molecule has 0 aromatic carbocycles. The van der Waals surface area contributed by atoms with Gasteiger partial charge in [-0.15, -0.1) is 0 Å². The van der Waals surface area contributed by atoms with Crippen LogP contribution < -0.4 is 5.32 Å². The molecule has 0 unspecified atom stereocenters. The van der Waals surface area contributed by atoms with Gasteiger partial charge in [0, 0.05) is 32.2 Å². The van der Waals surface area contributed by atoms with Crippen molar-refractivity contribution >= 4 is 32.8 Å². The largest absolute Gasteiger partial charge is 0.366 e. The van der Waals surface area contributed by atoms with Crippen LogP contribution in [0.15, 0.2) is 10.9 Å². The molecular formula is C14H19BrN6. The second-order valence-electron chi connectivity index (χ2n) is 6.02. The molecular weight excluding hydrogens is 332 g/mol. The zero-order chi connectivity index (χ0) is 14.4. The number of nitrogens with one attached hydrogen (secondary N) is 1. The van der Waals surface area contributed by atoms with Crippen LogP contribution in [-0.2, 0) is 7.05 Å². The highest BCUT2D eigenvalue weighted by Gasteiger charge is 2.32. The van der Waals surface area contributed by atoms with Gasteiger partial charge in [-0.3, -0.25) is 0 Å². The first-order chi connectivity index (χ1) is 10.2. The van der Waals surface area contributed by atoms with Crippen LogP contribution in [0.1, 0.15) is 25.7 Å². The Balaban J connectivity index is 1.52. The summed E-state index contributed by atoms with van der Waals surface area (Å²) in [6, 6.07) is 1.37. The molecule has 0 bridgehead atoms. The SMILES string of the molecule is Cn1nc(Br)c2c(NC3CCN(C4CC4)CC3)ncnc21. The second kappa shape index (κ2) is 5.21. The molecule has 2 aromatic rings. The summed E-state index contributed by atoms with van der Waals surface area (Å²) < 4.78 is 2.58. The Hall–Kier alpha value is -1.21. The van der Waals surface area contributed by atoms with E-state index in [0.29, 0.717) is 6.04 Å². The molecule has 3 heterocycles. The number of rotatable bonds is 3. The maximum Gasteiger partial charge on any atom is 0.164 e. The van der Waals surface area contributed by atoms with E-state index < -0.39 is 0 Å². The normalized spacial score (nSPS) is 21.0. The van der Waals surface area contributed by atoms with Crippen LogP contribution in [0.3, 0.4) is 0 Å². The van der Waals surface area contributed by atoms with Gasteiger partial charge >= 0.3 is 0 Å². The summed E-state index contributed by atoms with van der Waals surface area (Å²) in [6.45, 7) is 2.40. The summed E-state index contributed by atoms with van der Waals surface area (Å²) in [5.74, 6) is 0.893. The van der Waals surface area contributed by atoms with Crippen LogP contribution in [-0.4, -0.2) is 49.8 Å². The van der Waals surface area contributed by atoms with Crippen molar-refractivity contribution in [2.75, 3.05) is 18.4 Å². The number of aromatic nitrogens is 4. The Bertz CT molecular complexity index is 657. The molecule has 2 fully saturated rings. The van der Waals surface area contributed by atoms with Crippen LogP contribution in [0.25, 0.3) is 11.0 Å². The smallest absolute Gasteiger partial charge is 0.164 e. The van der Waals surface area contributed by atoms with Gasteiger partial charge in [0.2, 0.25) is 0 Å². The van der Waals surface area contributed by atoms with E-state index in [1.807, 2.05) is 7.05 Å². The van der Waals surface area contributed by atoms with Crippen molar-refractivity contribution in [1.29, 1.82) is 0 Å². The average Bonchev–Trinajstić information content (AvgIpc) is 3.28. The van der Waals surface area contributed by atoms with E-state index in [9.17, 15) is 0 Å². The lowest BCUT2D eigenvalue weighted by molar-refractivity contribution is 0.210. The number of fused-ring (bicyclic) bond motifs is 1. The van der Waals surface area contributed by atoms with Crippen molar-refractivity contribution in [3.8, 4) is 0 Å². The monoisotopic (exact) mass is 350 g/mol. The topological polar surface area (TPSA) is 58.9 Å². The lowest BCUT2D eigenvalue weighted by Gasteiger charge is -2.32. The fourth-order valence-electron chi connectivity index (χ4n) is 3.19. The lowest BCUT2D eigenvalue weighted by Crippen LogP contribution is -2.40. The third-order valence-corrected chi connectivity index (χ3v) is 5.07. The molecule has 1 N–H and O–H groups in total. The number of likely N-dealkylation sites (tertiary alicyclic amines) is 1. The van der Waals surface area contributed by atoms with Gasteiger partial charge in [-0.1, -0.05) is 0 Å². The molecule has 1 aliphatic carbocycles. The molecule has 2 aliphatic rings. The fraction of sp³-hybridized carbons (Fsp3) is 0.643. The number of aryl methyl sites for hydroxylation is 1. The molecule has 0 atom stereocenters. The molecule has 2 aromatic heterocycles. The van der Waals surface area contributed by atoms with Crippen LogP contribution in [0.2, 0.25) is 0 Å². The predicted molar refractivity (Wildman–Crippen MR) is 85.2 cm³/mol. The maximum absolute atomic E-state index is 4.42. The summed E-state index contributed by atoms with van der Waals surface area (Å²) >= 11 is 3.51. The number of anilines is 1. The van der Waals surface area contributed by atoms with E-state index in [-0.39, 0.29) is 0 Å². The number of halogens is 1. The van der Waals surface area contributed by atoms with Gasteiger partial charge in [-0.2, -0.15) is 5.10 Å². The quantitative estimate of drug-likeness (QED) is 0.919. The van der Waals surface area contributed by atoms with E-state index in [1.165, 1.54) is 38.8 Å². The van der Waals surface area contributed by atoms with E-state index >= 15 is 0 Å². The van der Waals surface area contributed by atoms with Crippen molar-refractivity contribution < 1.29 is 0 Å². The minimum absolute atomic E-state index is 0.491. The molecule has 4 rings (SSSR count). The highest BCUT2D eigenvalue weighted by Crippen LogP contribution is 2.31. The first-order valence-corrected chi connectivity index (χ1v) is 8.35. The van der Waals surface area contributed by atoms with Crippen molar-refractivity contribution in [3.05, 3.63) is 10.9 Å². The Morgan fingerprint density at radius 2 is 1.95 bits per heavy atom. The third kappa shape index (κ3) is 2.53. The second-order valence-corrected chi connectivity index (χ2v) is 6.77. The molecule has 112 valence electrons. The van der Waals surface area contributed by atoms with E-state index in [0.717, 1.165) is 27.5 Å². The van der Waals surface area contributed by atoms with Crippen LogP contribution in [0.4, 0.5) is 5.82 Å². The number of hydrogen-bond acceptors (Lipinski definition) is 5. The van der Waals surface area contributed by atoms with Gasteiger partial charge in [-0.05, 0) is 41.6 Å². The Morgan fingerprint density at radius 1 is 1.19 bits per heavy atom. The first-order valence-electron chi connectivity index (χ1n) is 7.56. The summed E-state index contributed by atoms with van der Waals surface area (Å²) in [4.78, 5) is 11.4. The molecule has 1 saturated heterocycles. The van der Waals surface area contributed by atoms with Crippen LogP contribution in [0, 0.1) is 0 Å². The van der Waals surface area contributed by atoms with E-state index in [2.05, 4.69) is 41.2 Å². The minimum atomic E-state index is 0.491. The standard InChI is InChI=1S/C14H19BrN6/c1-20-14-11(12(15)19-20)13(16-8-17-14)18-9-4-6-21(7-5-9)10-2-3-10/h8-10H,2-7H2,1H3,(H,16,17,18). The van der Waals surface area contributed by atoms with Gasteiger partial charge in [0.25, 0.3) is 0 Å². The Labute approximate surface area is 132 Å². The Kier molecular flexibility index (Phi) is 3.34. The Morgan fingerprint density at radius 3 is 2.67 bits per heavy atom. The lowest BCUT2D eigenvalue weighted by atomic mass is 10.0. The van der Waals surface area contributed by atoms with Crippen molar-refractivity contribution in [2.24, 2.45) is 7.05 Å². The molecule has 21 heavy (non-hydrogen) atoms. The summed E-state index contributed by atoms with van der Waals surface area (Å²) in [5, 5.41) is 8.94. The minimum Gasteiger partial charge on any atom is -0.366 e. The highest BCUT2D eigenvalue weighted by molar-refractivity contribution is 9.10. The summed E-state index contributed by atoms with van der Waals surface area (Å²) in [6.07, 6.45) is 6.76. The number of hydrogen-bond donors (Lipinski definition) is 1. The van der Waals surface area contributed by atoms with E-state index in [4.69, 9.17) is 0 Å². The molecule has 6 nitrogen and oxygen atoms in total. The fourth-order valence-corrected chi connectivity index (χ4v) is 3.80. The highest BCUT2D eigenvalue weighted by atomic mass is 79.9. The van der Waals surface area contributed by atoms with E-state index in [1.54, 1.807) is 11.0 Å². The number of nitrogens with zero attached hydrogens (tertiary/aromatic N) is 5. The van der Waals surface area contributed by atoms with Gasteiger partial charge in [-0.25, -0.2) is 14.6 Å². The van der Waals surface area contributed by atoms with Gasteiger partial charge in [0.05, 0.1) is 5.39 Å². The van der Waals surface area contributed by atoms with Crippen LogP contribution >= 0.6 is 15.9 Å². The summed E-state index contributed by atoms with van der Waals surface area (Å²) in [5.41, 5.74) is 0.856. The van der Waals surface area contributed by atoms with Gasteiger partial charge in [0.1, 0.15) is 16.7 Å². The van der Waals surface area contributed by atoms with Gasteiger partial charge in [0.15, 0.2) is 5.65 Å². The van der Waals surface area contributed by atoms with Gasteiger partial charge < -0.3 is 10.2 Å². The summed E-state index contributed by atoms with van der Waals surface area (Å²) in [7, 11) is 1.90. The van der Waals surface area contributed by atoms with Crippen molar-refractivity contribution in [2.45, 2.75) is 37.8 Å². The molecule has 1 saturated carbocycles. The molecule has 7 heteroatoms. The zero-order valence-electron chi connectivity index (χ0n) is 12.1. The van der Waals surface area contributed by atoms with Crippen molar-refractivity contribution in [1.82, 2.24) is 24.6 Å². The molecule has 0 spiro atoms. The maximum atomic E-state index is 4.42. The number of piperidine rings is 1. The zero-order valence-corrected chi connectivity index (χ0v) is 13.7. The van der Waals surface area contributed by atoms with Crippen molar-refractivity contribution in [3.63, 3.8) is 0 Å². The molecule has 0 radical (unpaired) electrons. The molecule has 1 aliphatic heterocycles. The first kappa shape index (κ1) is 13.5. The van der Waals surface area contributed by atoms with Crippen LogP contribution in [0.5, 0.6) is 0 Å². The average molecular weight is 351 g/mol. The third-order valence-electron chi connectivity index (χ3n) is 4.51. The predicted octanol–water partition coefficient (Wildman–Crippen LogP) is 2.16.